The van der Waals surface area contributed by atoms with E-state index in [2.05, 4.69) is 20.7 Å². The third-order valence-electron chi connectivity index (χ3n) is 2.27. The molecule has 2 aromatic rings. The number of hydrogen-bond donors (Lipinski definition) is 1. The second-order valence-electron chi connectivity index (χ2n) is 3.62. The predicted molar refractivity (Wildman–Crippen MR) is 62.6 cm³/mol. The summed E-state index contributed by atoms with van der Waals surface area (Å²) < 4.78 is 0. The van der Waals surface area contributed by atoms with Crippen molar-refractivity contribution in [3.63, 3.8) is 0 Å². The van der Waals surface area contributed by atoms with Gasteiger partial charge in [0.25, 0.3) is 11.9 Å². The Labute approximate surface area is 98.6 Å². The van der Waals surface area contributed by atoms with Crippen molar-refractivity contribution in [3.8, 4) is 0 Å². The van der Waals surface area contributed by atoms with Gasteiger partial charge in [-0.3, -0.25) is 10.1 Å². The molecule has 0 aliphatic carbocycles. The molecule has 2 rings (SSSR count). The molecular weight excluding hydrogens is 218 g/mol. The van der Waals surface area contributed by atoms with Crippen molar-refractivity contribution in [2.75, 3.05) is 5.32 Å². The fourth-order valence-electron chi connectivity index (χ4n) is 1.31. The normalized spacial score (nSPS) is 10.2. The predicted octanol–water partition coefficient (Wildman–Crippen LogP) is 1.25. The summed E-state index contributed by atoms with van der Waals surface area (Å²) in [5, 5.41) is 14.0. The summed E-state index contributed by atoms with van der Waals surface area (Å²) in [4.78, 5) is 13.2. The quantitative estimate of drug-likeness (QED) is 0.862. The highest BCUT2D eigenvalue weighted by molar-refractivity contribution is 6.03. The molecule has 6 heteroatoms. The lowest BCUT2D eigenvalue weighted by Crippen LogP contribution is -2.13. The van der Waals surface area contributed by atoms with Crippen LogP contribution in [-0.2, 0) is 6.54 Å². The van der Waals surface area contributed by atoms with E-state index in [9.17, 15) is 4.79 Å². The fraction of sp³-hybridized carbons (Fsp3) is 0.273. The summed E-state index contributed by atoms with van der Waals surface area (Å²) >= 11 is 0. The van der Waals surface area contributed by atoms with Crippen molar-refractivity contribution in [3.05, 3.63) is 35.4 Å². The minimum Gasteiger partial charge on any atom is -0.288 e. The Bertz CT molecular complexity index is 517. The second-order valence-corrected chi connectivity index (χ2v) is 3.62. The standard InChI is InChI=1S/C11H13N5O/c1-3-16-14-11(13-15-16)12-10(17)9-6-4-8(2)5-7-9/h4-7H,3H2,1-2H3,(H,12,14,17). The van der Waals surface area contributed by atoms with Crippen LogP contribution in [0.25, 0.3) is 0 Å². The van der Waals surface area contributed by atoms with Crippen LogP contribution in [0.4, 0.5) is 5.95 Å². The molecule has 88 valence electrons. The summed E-state index contributed by atoms with van der Waals surface area (Å²) in [5.74, 6) is -0.0157. The Morgan fingerprint density at radius 1 is 1.35 bits per heavy atom. The van der Waals surface area contributed by atoms with E-state index in [0.717, 1.165) is 5.56 Å². The number of nitrogens with one attached hydrogen (secondary N) is 1. The first-order valence-corrected chi connectivity index (χ1v) is 5.35. The van der Waals surface area contributed by atoms with Crippen LogP contribution >= 0.6 is 0 Å². The molecule has 0 bridgehead atoms. The Morgan fingerprint density at radius 2 is 2.06 bits per heavy atom. The van der Waals surface area contributed by atoms with E-state index in [1.807, 2.05) is 26.0 Å². The maximum absolute atomic E-state index is 11.8. The highest BCUT2D eigenvalue weighted by Crippen LogP contribution is 2.05. The topological polar surface area (TPSA) is 72.7 Å². The Kier molecular flexibility index (Phi) is 3.13. The van der Waals surface area contributed by atoms with Crippen molar-refractivity contribution in [2.24, 2.45) is 0 Å². The summed E-state index contributed by atoms with van der Waals surface area (Å²) in [6, 6.07) is 7.28. The van der Waals surface area contributed by atoms with Crippen LogP contribution in [0.5, 0.6) is 0 Å². The molecule has 1 aromatic carbocycles. The van der Waals surface area contributed by atoms with Gasteiger partial charge < -0.3 is 0 Å². The molecule has 1 amide bonds. The van der Waals surface area contributed by atoms with Crippen LogP contribution in [-0.4, -0.2) is 26.1 Å². The lowest BCUT2D eigenvalue weighted by atomic mass is 10.1. The third kappa shape index (κ3) is 2.66. The molecule has 0 radical (unpaired) electrons. The van der Waals surface area contributed by atoms with Gasteiger partial charge in [0.1, 0.15) is 0 Å². The minimum absolute atomic E-state index is 0.220. The van der Waals surface area contributed by atoms with Crippen LogP contribution in [0.15, 0.2) is 24.3 Å². The van der Waals surface area contributed by atoms with Gasteiger partial charge in [-0.2, -0.15) is 4.80 Å². The number of carbonyl (C=O) groups excluding carboxylic acids is 1. The molecule has 0 aliphatic heterocycles. The van der Waals surface area contributed by atoms with Crippen LogP contribution in [0.1, 0.15) is 22.8 Å². The molecular formula is C11H13N5O. The maximum Gasteiger partial charge on any atom is 0.270 e. The summed E-state index contributed by atoms with van der Waals surface area (Å²) in [6.07, 6.45) is 0. The Hall–Kier alpha value is -2.24. The van der Waals surface area contributed by atoms with Crippen molar-refractivity contribution in [1.29, 1.82) is 0 Å². The molecule has 0 aliphatic rings. The number of aromatic nitrogens is 4. The Balaban J connectivity index is 2.08. The van der Waals surface area contributed by atoms with E-state index in [1.165, 1.54) is 4.80 Å². The van der Waals surface area contributed by atoms with E-state index in [-0.39, 0.29) is 11.9 Å². The summed E-state index contributed by atoms with van der Waals surface area (Å²) in [7, 11) is 0. The van der Waals surface area contributed by atoms with Gasteiger partial charge in [0.2, 0.25) is 0 Å². The lowest BCUT2D eigenvalue weighted by molar-refractivity contribution is 0.102. The van der Waals surface area contributed by atoms with Gasteiger partial charge in [0.05, 0.1) is 6.54 Å². The number of tetrazole rings is 1. The zero-order chi connectivity index (χ0) is 12.3. The zero-order valence-corrected chi connectivity index (χ0v) is 9.71. The molecule has 0 saturated carbocycles. The van der Waals surface area contributed by atoms with Crippen molar-refractivity contribution in [1.82, 2.24) is 20.2 Å². The second kappa shape index (κ2) is 4.73. The van der Waals surface area contributed by atoms with Crippen LogP contribution in [0.2, 0.25) is 0 Å². The summed E-state index contributed by atoms with van der Waals surface area (Å²) in [6.45, 7) is 4.48. The molecule has 17 heavy (non-hydrogen) atoms. The largest absolute Gasteiger partial charge is 0.288 e. The first-order valence-electron chi connectivity index (χ1n) is 5.35. The molecule has 1 N–H and O–H groups in total. The molecule has 0 spiro atoms. The van der Waals surface area contributed by atoms with Gasteiger partial charge in [0.15, 0.2) is 0 Å². The van der Waals surface area contributed by atoms with Gasteiger partial charge in [-0.15, -0.1) is 5.10 Å². The monoisotopic (exact) mass is 231 g/mol. The van der Waals surface area contributed by atoms with Gasteiger partial charge in [-0.25, -0.2) is 0 Å². The highest BCUT2D eigenvalue weighted by atomic mass is 16.1. The molecule has 6 nitrogen and oxygen atoms in total. The smallest absolute Gasteiger partial charge is 0.270 e. The number of nitrogens with zero attached hydrogens (tertiary/aromatic N) is 4. The van der Waals surface area contributed by atoms with Gasteiger partial charge >= 0.3 is 0 Å². The molecule has 0 saturated heterocycles. The molecule has 1 aromatic heterocycles. The van der Waals surface area contributed by atoms with Gasteiger partial charge in [-0.05, 0) is 31.2 Å². The Morgan fingerprint density at radius 3 is 2.65 bits per heavy atom. The van der Waals surface area contributed by atoms with Crippen molar-refractivity contribution in [2.45, 2.75) is 20.4 Å². The van der Waals surface area contributed by atoms with E-state index >= 15 is 0 Å². The average Bonchev–Trinajstić information content (AvgIpc) is 2.77. The van der Waals surface area contributed by atoms with E-state index in [4.69, 9.17) is 0 Å². The number of rotatable bonds is 3. The first-order chi connectivity index (χ1) is 8.19. The molecule has 0 fully saturated rings. The van der Waals surface area contributed by atoms with E-state index in [1.54, 1.807) is 12.1 Å². The lowest BCUT2D eigenvalue weighted by Gasteiger charge is -2.00. The fourth-order valence-corrected chi connectivity index (χ4v) is 1.31. The SMILES string of the molecule is CCn1nnc(NC(=O)c2ccc(C)cc2)n1. The van der Waals surface area contributed by atoms with Crippen LogP contribution in [0, 0.1) is 6.92 Å². The first kappa shape index (κ1) is 11.3. The van der Waals surface area contributed by atoms with Gasteiger partial charge in [-0.1, -0.05) is 22.8 Å². The van der Waals surface area contributed by atoms with Gasteiger partial charge in [0, 0.05) is 5.56 Å². The number of anilines is 1. The molecule has 1 heterocycles. The molecule has 0 atom stereocenters. The zero-order valence-electron chi connectivity index (χ0n) is 9.71. The maximum atomic E-state index is 11.8. The van der Waals surface area contributed by atoms with Crippen LogP contribution in [0.3, 0.4) is 0 Å². The number of aryl methyl sites for hydroxylation is 2. The highest BCUT2D eigenvalue weighted by Gasteiger charge is 2.08. The summed E-state index contributed by atoms with van der Waals surface area (Å²) in [5.41, 5.74) is 1.68. The number of hydrogen-bond acceptors (Lipinski definition) is 4. The number of benzene rings is 1. The van der Waals surface area contributed by atoms with E-state index in [0.29, 0.717) is 12.1 Å². The molecule has 0 unspecified atom stereocenters. The number of amides is 1. The minimum atomic E-state index is -0.236. The number of carbonyl (C=O) groups is 1. The van der Waals surface area contributed by atoms with E-state index < -0.39 is 0 Å². The van der Waals surface area contributed by atoms with Crippen molar-refractivity contribution >= 4 is 11.9 Å². The average molecular weight is 231 g/mol. The van der Waals surface area contributed by atoms with Crippen LogP contribution < -0.4 is 5.32 Å². The third-order valence-corrected chi connectivity index (χ3v) is 2.27. The van der Waals surface area contributed by atoms with Crippen molar-refractivity contribution < 1.29 is 4.79 Å².